The average molecular weight is 412 g/mol. The molecule has 0 bridgehead atoms. The summed E-state index contributed by atoms with van der Waals surface area (Å²) < 4.78 is 3.34. The van der Waals surface area contributed by atoms with Crippen molar-refractivity contribution in [3.63, 3.8) is 0 Å². The van der Waals surface area contributed by atoms with E-state index in [1.54, 1.807) is 0 Å². The highest BCUT2D eigenvalue weighted by molar-refractivity contribution is 9.10. The smallest absolute Gasteiger partial charge is 0.227 e. The molecule has 0 unspecified atom stereocenters. The van der Waals surface area contributed by atoms with Crippen molar-refractivity contribution >= 4 is 38.6 Å². The fraction of sp³-hybridized carbons (Fsp3) is 0.333. The molecule has 0 spiro atoms. The lowest BCUT2D eigenvalue weighted by Gasteiger charge is -2.17. The number of fused-ring (bicyclic) bond motifs is 1. The van der Waals surface area contributed by atoms with Crippen LogP contribution in [0, 0.1) is 0 Å². The van der Waals surface area contributed by atoms with Crippen LogP contribution in [0.25, 0.3) is 11.0 Å². The first-order valence-electron chi connectivity index (χ1n) is 9.18. The minimum absolute atomic E-state index is 0.135. The topological polar surface area (TPSA) is 38.1 Å². The van der Waals surface area contributed by atoms with Gasteiger partial charge < -0.3 is 9.47 Å². The molecule has 1 aromatic heterocycles. The van der Waals surface area contributed by atoms with Crippen LogP contribution in [0.2, 0.25) is 0 Å². The number of benzene rings is 2. The largest absolute Gasteiger partial charge is 0.328 e. The van der Waals surface area contributed by atoms with Gasteiger partial charge in [-0.05, 0) is 42.8 Å². The maximum atomic E-state index is 12.7. The van der Waals surface area contributed by atoms with E-state index in [0.29, 0.717) is 13.0 Å². The monoisotopic (exact) mass is 411 g/mol. The molecule has 0 saturated carbocycles. The number of halogens is 1. The SMILES string of the molecule is CCCCn1c([C@@H]2CC(=O)N(c3ccc(Br)cc3)C2)nc2ccccc21. The normalized spacial score (nSPS) is 17.4. The second-order valence-corrected chi connectivity index (χ2v) is 7.76. The molecule has 1 atom stereocenters. The standard InChI is InChI=1S/C21H22BrN3O/c1-2-3-12-24-19-7-5-4-6-18(19)23-21(24)15-13-20(26)25(14-15)17-10-8-16(22)9-11-17/h4-11,15H,2-3,12-14H2,1H3/t15-/m1/s1. The zero-order chi connectivity index (χ0) is 18.1. The van der Waals surface area contributed by atoms with Gasteiger partial charge >= 0.3 is 0 Å². The molecule has 0 N–H and O–H groups in total. The zero-order valence-electron chi connectivity index (χ0n) is 14.9. The number of aryl methyl sites for hydroxylation is 1. The predicted molar refractivity (Wildman–Crippen MR) is 108 cm³/mol. The van der Waals surface area contributed by atoms with Crippen LogP contribution in [0.3, 0.4) is 0 Å². The number of anilines is 1. The van der Waals surface area contributed by atoms with Gasteiger partial charge in [-0.2, -0.15) is 0 Å². The number of imidazole rings is 1. The third kappa shape index (κ3) is 3.16. The van der Waals surface area contributed by atoms with E-state index < -0.39 is 0 Å². The maximum absolute atomic E-state index is 12.7. The number of rotatable bonds is 5. The molecule has 2 heterocycles. The molecule has 0 radical (unpaired) electrons. The first kappa shape index (κ1) is 17.3. The molecular formula is C21H22BrN3O. The van der Waals surface area contributed by atoms with Crippen LogP contribution in [0.4, 0.5) is 5.69 Å². The highest BCUT2D eigenvalue weighted by Gasteiger charge is 2.34. The van der Waals surface area contributed by atoms with Crippen LogP contribution in [-0.2, 0) is 11.3 Å². The van der Waals surface area contributed by atoms with Gasteiger partial charge in [0.15, 0.2) is 0 Å². The van der Waals surface area contributed by atoms with Crippen molar-refractivity contribution in [2.24, 2.45) is 0 Å². The molecular weight excluding hydrogens is 390 g/mol. The fourth-order valence-corrected chi connectivity index (χ4v) is 3.97. The summed E-state index contributed by atoms with van der Waals surface area (Å²) in [7, 11) is 0. The van der Waals surface area contributed by atoms with Crippen LogP contribution < -0.4 is 4.90 Å². The van der Waals surface area contributed by atoms with E-state index in [1.165, 1.54) is 5.52 Å². The van der Waals surface area contributed by atoms with E-state index >= 15 is 0 Å². The van der Waals surface area contributed by atoms with Crippen LogP contribution in [-0.4, -0.2) is 22.0 Å². The van der Waals surface area contributed by atoms with E-state index in [-0.39, 0.29) is 11.8 Å². The second kappa shape index (κ2) is 7.23. The molecule has 1 amide bonds. The Hall–Kier alpha value is -2.14. The van der Waals surface area contributed by atoms with Gasteiger partial charge in [-0.25, -0.2) is 4.98 Å². The molecule has 1 aliphatic rings. The summed E-state index contributed by atoms with van der Waals surface area (Å²) in [4.78, 5) is 19.5. The van der Waals surface area contributed by atoms with Gasteiger partial charge in [-0.15, -0.1) is 0 Å². The second-order valence-electron chi connectivity index (χ2n) is 6.85. The van der Waals surface area contributed by atoms with Crippen molar-refractivity contribution in [2.45, 2.75) is 38.6 Å². The van der Waals surface area contributed by atoms with E-state index in [4.69, 9.17) is 4.98 Å². The molecule has 1 aliphatic heterocycles. The minimum Gasteiger partial charge on any atom is -0.328 e. The number of carbonyl (C=O) groups excluding carboxylic acids is 1. The minimum atomic E-state index is 0.135. The molecule has 5 heteroatoms. The van der Waals surface area contributed by atoms with E-state index in [2.05, 4.69) is 45.6 Å². The van der Waals surface area contributed by atoms with Gasteiger partial charge in [0.25, 0.3) is 0 Å². The summed E-state index contributed by atoms with van der Waals surface area (Å²) in [6.07, 6.45) is 2.77. The third-order valence-corrected chi connectivity index (χ3v) is 5.58. The van der Waals surface area contributed by atoms with Crippen molar-refractivity contribution in [1.82, 2.24) is 9.55 Å². The molecule has 3 aromatic rings. The Labute approximate surface area is 162 Å². The van der Waals surface area contributed by atoms with Crippen molar-refractivity contribution in [3.05, 3.63) is 58.8 Å². The summed E-state index contributed by atoms with van der Waals surface area (Å²) in [6, 6.07) is 16.2. The maximum Gasteiger partial charge on any atom is 0.227 e. The molecule has 4 rings (SSSR count). The van der Waals surface area contributed by atoms with E-state index in [0.717, 1.165) is 40.9 Å². The Morgan fingerprint density at radius 2 is 1.92 bits per heavy atom. The summed E-state index contributed by atoms with van der Waals surface area (Å²) in [5.41, 5.74) is 3.15. The molecule has 2 aromatic carbocycles. The highest BCUT2D eigenvalue weighted by Crippen LogP contribution is 2.33. The van der Waals surface area contributed by atoms with Gasteiger partial charge in [0.1, 0.15) is 5.82 Å². The van der Waals surface area contributed by atoms with E-state index in [1.807, 2.05) is 35.2 Å². The van der Waals surface area contributed by atoms with Gasteiger partial charge in [0, 0.05) is 35.6 Å². The summed E-state index contributed by atoms with van der Waals surface area (Å²) >= 11 is 3.45. The van der Waals surface area contributed by atoms with Gasteiger partial charge in [0.05, 0.1) is 11.0 Å². The molecule has 0 aliphatic carbocycles. The molecule has 1 fully saturated rings. The lowest BCUT2D eigenvalue weighted by Crippen LogP contribution is -2.24. The fourth-order valence-electron chi connectivity index (χ4n) is 3.71. The summed E-state index contributed by atoms with van der Waals surface area (Å²) in [5.74, 6) is 1.36. The van der Waals surface area contributed by atoms with E-state index in [9.17, 15) is 4.79 Å². The predicted octanol–water partition coefficient (Wildman–Crippen LogP) is 5.12. The Morgan fingerprint density at radius 3 is 2.69 bits per heavy atom. The number of carbonyl (C=O) groups is 1. The highest BCUT2D eigenvalue weighted by atomic mass is 79.9. The van der Waals surface area contributed by atoms with Crippen LogP contribution in [0.1, 0.15) is 37.9 Å². The van der Waals surface area contributed by atoms with Crippen LogP contribution in [0.5, 0.6) is 0 Å². The Bertz CT molecular complexity index is 932. The number of para-hydroxylation sites is 2. The Morgan fingerprint density at radius 1 is 1.15 bits per heavy atom. The first-order chi connectivity index (χ1) is 12.7. The van der Waals surface area contributed by atoms with Crippen molar-refractivity contribution < 1.29 is 4.79 Å². The van der Waals surface area contributed by atoms with Gasteiger partial charge in [-0.3, -0.25) is 4.79 Å². The Balaban J connectivity index is 1.67. The molecule has 134 valence electrons. The molecule has 1 saturated heterocycles. The van der Waals surface area contributed by atoms with Gasteiger partial charge in [0.2, 0.25) is 5.91 Å². The lowest BCUT2D eigenvalue weighted by molar-refractivity contribution is -0.117. The van der Waals surface area contributed by atoms with Crippen molar-refractivity contribution in [2.75, 3.05) is 11.4 Å². The lowest BCUT2D eigenvalue weighted by atomic mass is 10.1. The van der Waals surface area contributed by atoms with Gasteiger partial charge in [-0.1, -0.05) is 41.4 Å². The Kier molecular flexibility index (Phi) is 4.81. The number of nitrogens with zero attached hydrogens (tertiary/aromatic N) is 3. The summed E-state index contributed by atoms with van der Waals surface area (Å²) in [6.45, 7) is 3.85. The zero-order valence-corrected chi connectivity index (χ0v) is 16.4. The quantitative estimate of drug-likeness (QED) is 0.584. The number of hydrogen-bond acceptors (Lipinski definition) is 2. The van der Waals surface area contributed by atoms with Crippen LogP contribution >= 0.6 is 15.9 Å². The molecule has 26 heavy (non-hydrogen) atoms. The first-order valence-corrected chi connectivity index (χ1v) is 9.97. The van der Waals surface area contributed by atoms with Crippen LogP contribution in [0.15, 0.2) is 53.0 Å². The average Bonchev–Trinajstić information content (AvgIpc) is 3.21. The number of amides is 1. The number of hydrogen-bond donors (Lipinski definition) is 0. The van der Waals surface area contributed by atoms with Crippen molar-refractivity contribution in [3.8, 4) is 0 Å². The number of aromatic nitrogens is 2. The molecule has 4 nitrogen and oxygen atoms in total. The summed E-state index contributed by atoms with van der Waals surface area (Å²) in [5, 5.41) is 0. The van der Waals surface area contributed by atoms with Crippen molar-refractivity contribution in [1.29, 1.82) is 0 Å². The third-order valence-electron chi connectivity index (χ3n) is 5.05. The number of unbranched alkanes of at least 4 members (excludes halogenated alkanes) is 1.